The van der Waals surface area contributed by atoms with Gasteiger partial charge in [-0.2, -0.15) is 0 Å². The van der Waals surface area contributed by atoms with Crippen molar-refractivity contribution < 1.29 is 4.92 Å². The molecular weight excluding hydrogens is 272 g/mol. The second kappa shape index (κ2) is 5.74. The average molecular weight is 288 g/mol. The molecule has 0 aliphatic carbocycles. The number of aromatic amines is 1. The highest BCUT2D eigenvalue weighted by molar-refractivity contribution is 5.52. The zero-order valence-electron chi connectivity index (χ0n) is 12.0. The first kappa shape index (κ1) is 14.7. The second-order valence-corrected chi connectivity index (χ2v) is 4.82. The van der Waals surface area contributed by atoms with E-state index < -0.39 is 4.92 Å². The van der Waals surface area contributed by atoms with Crippen LogP contribution in [-0.2, 0) is 0 Å². The van der Waals surface area contributed by atoms with Gasteiger partial charge < -0.3 is 10.3 Å². The molecule has 21 heavy (non-hydrogen) atoms. The molecule has 0 aliphatic rings. The van der Waals surface area contributed by atoms with Crippen molar-refractivity contribution >= 4 is 11.4 Å². The topological polar surface area (TPSA) is 101 Å². The molecule has 0 amide bonds. The number of anilines is 1. The van der Waals surface area contributed by atoms with Gasteiger partial charge in [-0.1, -0.05) is 6.07 Å². The summed E-state index contributed by atoms with van der Waals surface area (Å²) in [5, 5.41) is 13.9. The summed E-state index contributed by atoms with van der Waals surface area (Å²) in [6.45, 7) is 5.30. The molecule has 2 N–H and O–H groups in total. The number of benzene rings is 1. The third-order valence-corrected chi connectivity index (χ3v) is 3.14. The summed E-state index contributed by atoms with van der Waals surface area (Å²) in [7, 11) is 0. The Balaban J connectivity index is 2.30. The fourth-order valence-corrected chi connectivity index (χ4v) is 2.28. The minimum atomic E-state index is -0.457. The molecule has 0 bridgehead atoms. The normalized spacial score (nSPS) is 12.0. The summed E-state index contributed by atoms with van der Waals surface area (Å²) in [5.74, 6) is 0.559. The van der Waals surface area contributed by atoms with Crippen LogP contribution in [0.5, 0.6) is 0 Å². The Hall–Kier alpha value is -2.70. The summed E-state index contributed by atoms with van der Waals surface area (Å²) < 4.78 is 0. The standard InChI is InChI=1S/C14H16N4O3/c1-8-13(14(19)17-10(3)15-8)9(2)16-11-5-4-6-12(7-11)18(20)21/h4-7,9,16H,1-3H3,(H,15,17,19). The molecule has 0 saturated heterocycles. The number of nitro benzene ring substituents is 1. The predicted octanol–water partition coefficient (Wildman–Crippen LogP) is 2.47. The summed E-state index contributed by atoms with van der Waals surface area (Å²) >= 11 is 0. The number of rotatable bonds is 4. The second-order valence-electron chi connectivity index (χ2n) is 4.82. The highest BCUT2D eigenvalue weighted by atomic mass is 16.6. The Bertz CT molecular complexity index is 739. The van der Waals surface area contributed by atoms with E-state index in [2.05, 4.69) is 15.3 Å². The number of non-ortho nitro benzene ring substituents is 1. The lowest BCUT2D eigenvalue weighted by Crippen LogP contribution is -2.23. The maximum Gasteiger partial charge on any atom is 0.271 e. The van der Waals surface area contributed by atoms with Crippen molar-refractivity contribution in [3.63, 3.8) is 0 Å². The number of aromatic nitrogens is 2. The zero-order valence-corrected chi connectivity index (χ0v) is 12.0. The average Bonchev–Trinajstić information content (AvgIpc) is 2.37. The largest absolute Gasteiger partial charge is 0.378 e. The van der Waals surface area contributed by atoms with Crippen LogP contribution < -0.4 is 10.9 Å². The van der Waals surface area contributed by atoms with Gasteiger partial charge in [-0.3, -0.25) is 14.9 Å². The molecule has 0 saturated carbocycles. The fourth-order valence-electron chi connectivity index (χ4n) is 2.28. The highest BCUT2D eigenvalue weighted by Gasteiger charge is 2.15. The van der Waals surface area contributed by atoms with E-state index in [1.54, 1.807) is 26.0 Å². The van der Waals surface area contributed by atoms with E-state index >= 15 is 0 Å². The van der Waals surface area contributed by atoms with Crippen LogP contribution in [0.1, 0.15) is 30.0 Å². The zero-order chi connectivity index (χ0) is 15.6. The van der Waals surface area contributed by atoms with E-state index in [1.165, 1.54) is 12.1 Å². The monoisotopic (exact) mass is 288 g/mol. The first-order chi connectivity index (χ1) is 9.88. The lowest BCUT2D eigenvalue weighted by molar-refractivity contribution is -0.384. The molecule has 1 atom stereocenters. The quantitative estimate of drug-likeness (QED) is 0.664. The fraction of sp³-hybridized carbons (Fsp3) is 0.286. The van der Waals surface area contributed by atoms with Gasteiger partial charge in [0, 0.05) is 17.8 Å². The van der Waals surface area contributed by atoms with Crippen molar-refractivity contribution in [1.82, 2.24) is 9.97 Å². The van der Waals surface area contributed by atoms with E-state index in [0.717, 1.165) is 0 Å². The molecule has 1 unspecified atom stereocenters. The Kier molecular flexibility index (Phi) is 4.02. The number of hydrogen-bond acceptors (Lipinski definition) is 5. The Morgan fingerprint density at radius 1 is 1.38 bits per heavy atom. The van der Waals surface area contributed by atoms with Crippen LogP contribution in [0.15, 0.2) is 29.1 Å². The number of nitrogens with one attached hydrogen (secondary N) is 2. The molecule has 1 heterocycles. The van der Waals surface area contributed by atoms with E-state index in [4.69, 9.17) is 0 Å². The molecule has 1 aromatic carbocycles. The molecule has 0 spiro atoms. The minimum absolute atomic E-state index is 0.000127. The molecule has 7 heteroatoms. The van der Waals surface area contributed by atoms with Gasteiger partial charge in [0.15, 0.2) is 0 Å². The first-order valence-electron chi connectivity index (χ1n) is 6.47. The van der Waals surface area contributed by atoms with Crippen molar-refractivity contribution in [2.75, 3.05) is 5.32 Å². The van der Waals surface area contributed by atoms with Crippen molar-refractivity contribution in [1.29, 1.82) is 0 Å². The molecule has 1 aromatic heterocycles. The number of hydrogen-bond donors (Lipinski definition) is 2. The van der Waals surface area contributed by atoms with Gasteiger partial charge in [-0.05, 0) is 26.8 Å². The molecule has 7 nitrogen and oxygen atoms in total. The van der Waals surface area contributed by atoms with Crippen LogP contribution in [0.25, 0.3) is 0 Å². The molecule has 2 rings (SSSR count). The van der Waals surface area contributed by atoms with E-state index in [1.807, 2.05) is 6.92 Å². The van der Waals surface area contributed by atoms with Crippen LogP contribution in [0.4, 0.5) is 11.4 Å². The van der Waals surface area contributed by atoms with Crippen molar-refractivity contribution in [2.45, 2.75) is 26.8 Å². The van der Waals surface area contributed by atoms with Crippen LogP contribution in [0, 0.1) is 24.0 Å². The molecule has 0 aliphatic heterocycles. The Morgan fingerprint density at radius 3 is 2.71 bits per heavy atom. The molecule has 0 radical (unpaired) electrons. The lowest BCUT2D eigenvalue weighted by atomic mass is 10.1. The number of H-pyrrole nitrogens is 1. The highest BCUT2D eigenvalue weighted by Crippen LogP contribution is 2.22. The third-order valence-electron chi connectivity index (χ3n) is 3.14. The molecule has 2 aromatic rings. The van der Waals surface area contributed by atoms with Gasteiger partial charge in [0.05, 0.1) is 22.2 Å². The number of aryl methyl sites for hydroxylation is 2. The van der Waals surface area contributed by atoms with Gasteiger partial charge in [0.25, 0.3) is 11.2 Å². The maximum absolute atomic E-state index is 12.0. The van der Waals surface area contributed by atoms with Crippen LogP contribution in [0.2, 0.25) is 0 Å². The van der Waals surface area contributed by atoms with E-state index in [0.29, 0.717) is 22.8 Å². The summed E-state index contributed by atoms with van der Waals surface area (Å²) in [5.41, 5.74) is 1.54. The predicted molar refractivity (Wildman–Crippen MR) is 79.5 cm³/mol. The van der Waals surface area contributed by atoms with Crippen molar-refractivity contribution in [3.8, 4) is 0 Å². The SMILES string of the molecule is Cc1nc(C)c(C(C)Nc2cccc([N+](=O)[O-])c2)c(=O)[nH]1. The summed E-state index contributed by atoms with van der Waals surface area (Å²) in [6, 6.07) is 5.85. The van der Waals surface area contributed by atoms with Gasteiger partial charge in [-0.15, -0.1) is 0 Å². The minimum Gasteiger partial charge on any atom is -0.378 e. The van der Waals surface area contributed by atoms with Crippen LogP contribution in [0.3, 0.4) is 0 Å². The summed E-state index contributed by atoms with van der Waals surface area (Å²) in [4.78, 5) is 29.2. The van der Waals surface area contributed by atoms with Crippen molar-refractivity contribution in [2.24, 2.45) is 0 Å². The van der Waals surface area contributed by atoms with Crippen molar-refractivity contribution in [3.05, 3.63) is 61.8 Å². The van der Waals surface area contributed by atoms with E-state index in [9.17, 15) is 14.9 Å². The Labute approximate surface area is 121 Å². The first-order valence-corrected chi connectivity index (χ1v) is 6.47. The summed E-state index contributed by atoms with van der Waals surface area (Å²) in [6.07, 6.45) is 0. The van der Waals surface area contributed by atoms with Gasteiger partial charge >= 0.3 is 0 Å². The molecule has 110 valence electrons. The molecule has 0 fully saturated rings. The third kappa shape index (κ3) is 3.25. The van der Waals surface area contributed by atoms with Gasteiger partial charge in [0.2, 0.25) is 0 Å². The maximum atomic E-state index is 12.0. The van der Waals surface area contributed by atoms with Crippen LogP contribution in [-0.4, -0.2) is 14.9 Å². The van der Waals surface area contributed by atoms with Gasteiger partial charge in [-0.25, -0.2) is 4.98 Å². The van der Waals surface area contributed by atoms with Gasteiger partial charge in [0.1, 0.15) is 5.82 Å². The Morgan fingerprint density at radius 2 is 2.10 bits per heavy atom. The lowest BCUT2D eigenvalue weighted by Gasteiger charge is -2.16. The van der Waals surface area contributed by atoms with Crippen LogP contribution >= 0.6 is 0 Å². The smallest absolute Gasteiger partial charge is 0.271 e. The number of nitrogens with zero attached hydrogens (tertiary/aromatic N) is 2. The van der Waals surface area contributed by atoms with E-state index in [-0.39, 0.29) is 17.3 Å². The number of nitro groups is 1. The molecular formula is C14H16N4O3.